The van der Waals surface area contributed by atoms with Gasteiger partial charge < -0.3 is 10.2 Å². The van der Waals surface area contributed by atoms with Crippen molar-refractivity contribution in [2.75, 3.05) is 24.5 Å². The third-order valence-electron chi connectivity index (χ3n) is 4.86. The minimum Gasteiger partial charge on any atom is -0.360 e. The number of hydrogen-bond acceptors (Lipinski definition) is 4. The predicted molar refractivity (Wildman–Crippen MR) is 79.3 cm³/mol. The zero-order chi connectivity index (χ0) is 15.4. The van der Waals surface area contributed by atoms with Gasteiger partial charge in [-0.1, -0.05) is 11.6 Å². The van der Waals surface area contributed by atoms with Gasteiger partial charge in [0.2, 0.25) is 0 Å². The van der Waals surface area contributed by atoms with Crippen LogP contribution in [0.1, 0.15) is 13.8 Å². The Labute approximate surface area is 127 Å². The Morgan fingerprint density at radius 3 is 2.81 bits per heavy atom. The van der Waals surface area contributed by atoms with E-state index in [2.05, 4.69) is 19.2 Å². The van der Waals surface area contributed by atoms with Crippen LogP contribution in [-0.2, 0) is 0 Å². The quantitative estimate of drug-likeness (QED) is 0.674. The Morgan fingerprint density at radius 1 is 1.48 bits per heavy atom. The maximum absolute atomic E-state index is 13.6. The van der Waals surface area contributed by atoms with E-state index in [-0.39, 0.29) is 16.2 Å². The second kappa shape index (κ2) is 4.81. The van der Waals surface area contributed by atoms with Crippen LogP contribution in [-0.4, -0.2) is 30.1 Å². The highest BCUT2D eigenvalue weighted by Crippen LogP contribution is 2.46. The molecule has 2 unspecified atom stereocenters. The van der Waals surface area contributed by atoms with Crippen molar-refractivity contribution in [3.8, 4) is 0 Å². The number of rotatable bonds is 2. The van der Waals surface area contributed by atoms with Crippen LogP contribution in [0.5, 0.6) is 0 Å². The molecule has 2 saturated heterocycles. The van der Waals surface area contributed by atoms with Crippen LogP contribution in [0.15, 0.2) is 12.1 Å². The normalized spacial score (nSPS) is 27.0. The lowest BCUT2D eigenvalue weighted by Gasteiger charge is -2.37. The Kier molecular flexibility index (Phi) is 3.33. The number of nitrogens with zero attached hydrogens (tertiary/aromatic N) is 2. The van der Waals surface area contributed by atoms with Crippen LogP contribution in [0.3, 0.4) is 0 Å². The van der Waals surface area contributed by atoms with Crippen molar-refractivity contribution in [2.24, 2.45) is 11.8 Å². The van der Waals surface area contributed by atoms with E-state index in [1.165, 1.54) is 6.07 Å². The Hall–Kier alpha value is -1.40. The van der Waals surface area contributed by atoms with Gasteiger partial charge in [-0.25, -0.2) is 4.39 Å². The van der Waals surface area contributed by atoms with E-state index in [0.717, 1.165) is 19.2 Å². The van der Waals surface area contributed by atoms with Crippen molar-refractivity contribution < 1.29 is 9.31 Å². The minimum atomic E-state index is -0.758. The van der Waals surface area contributed by atoms with Crippen LogP contribution in [0.4, 0.5) is 15.8 Å². The Bertz CT molecular complexity index is 608. The van der Waals surface area contributed by atoms with Gasteiger partial charge in [0.25, 0.3) is 5.69 Å². The van der Waals surface area contributed by atoms with E-state index in [4.69, 9.17) is 11.6 Å². The summed E-state index contributed by atoms with van der Waals surface area (Å²) in [5.41, 5.74) is -0.0520. The van der Waals surface area contributed by atoms with Crippen LogP contribution in [0.2, 0.25) is 5.02 Å². The molecule has 1 aromatic carbocycles. The molecule has 2 aliphatic heterocycles. The van der Waals surface area contributed by atoms with Gasteiger partial charge in [-0.15, -0.1) is 0 Å². The van der Waals surface area contributed by atoms with E-state index < -0.39 is 10.7 Å². The van der Waals surface area contributed by atoms with E-state index >= 15 is 0 Å². The van der Waals surface area contributed by atoms with E-state index in [9.17, 15) is 14.5 Å². The smallest absolute Gasteiger partial charge is 0.295 e. The SMILES string of the molecule is CC1(C)C2CNCC2CN1c1cc(Cl)c(F)cc1[N+](=O)[O-]. The fourth-order valence-corrected chi connectivity index (χ4v) is 3.88. The van der Waals surface area contributed by atoms with Crippen molar-refractivity contribution in [3.05, 3.63) is 33.1 Å². The fraction of sp³-hybridized carbons (Fsp3) is 0.571. The summed E-state index contributed by atoms with van der Waals surface area (Å²) in [6.07, 6.45) is 0. The van der Waals surface area contributed by atoms with Crippen LogP contribution >= 0.6 is 11.6 Å². The first-order valence-corrected chi connectivity index (χ1v) is 7.32. The maximum atomic E-state index is 13.6. The number of halogens is 2. The lowest BCUT2D eigenvalue weighted by Crippen LogP contribution is -2.44. The number of hydrogen-bond donors (Lipinski definition) is 1. The van der Waals surface area contributed by atoms with Gasteiger partial charge in [-0.05, 0) is 31.7 Å². The van der Waals surface area contributed by atoms with Gasteiger partial charge in [0.05, 0.1) is 16.0 Å². The van der Waals surface area contributed by atoms with E-state index in [1.54, 1.807) is 0 Å². The van der Waals surface area contributed by atoms with Crippen molar-refractivity contribution in [3.63, 3.8) is 0 Å². The topological polar surface area (TPSA) is 58.4 Å². The minimum absolute atomic E-state index is 0.0819. The third kappa shape index (κ3) is 2.17. The first-order valence-electron chi connectivity index (χ1n) is 6.94. The summed E-state index contributed by atoms with van der Waals surface area (Å²) in [5, 5.41) is 14.5. The first-order chi connectivity index (χ1) is 9.82. The molecule has 2 atom stereocenters. The zero-order valence-corrected chi connectivity index (χ0v) is 12.7. The molecule has 0 saturated carbocycles. The number of nitrogens with one attached hydrogen (secondary N) is 1. The molecule has 1 N–H and O–H groups in total. The third-order valence-corrected chi connectivity index (χ3v) is 5.15. The number of fused-ring (bicyclic) bond motifs is 1. The molecule has 114 valence electrons. The molecule has 2 fully saturated rings. The Balaban J connectivity index is 2.08. The molecule has 0 aliphatic carbocycles. The monoisotopic (exact) mass is 313 g/mol. The second-order valence-electron chi connectivity index (χ2n) is 6.30. The number of nitro groups is 1. The summed E-state index contributed by atoms with van der Waals surface area (Å²) in [6.45, 7) is 6.68. The molecule has 2 aliphatic rings. The molecule has 0 amide bonds. The molecular weight excluding hydrogens is 297 g/mol. The molecule has 5 nitrogen and oxygen atoms in total. The van der Waals surface area contributed by atoms with Crippen molar-refractivity contribution in [1.82, 2.24) is 5.32 Å². The molecule has 0 spiro atoms. The fourth-order valence-electron chi connectivity index (χ4n) is 3.72. The van der Waals surface area contributed by atoms with Crippen molar-refractivity contribution in [1.29, 1.82) is 0 Å². The molecular formula is C14H17ClFN3O2. The molecule has 1 aromatic rings. The summed E-state index contributed by atoms with van der Waals surface area (Å²) in [5.74, 6) is 0.107. The molecule has 21 heavy (non-hydrogen) atoms. The molecule has 2 heterocycles. The van der Waals surface area contributed by atoms with Crippen molar-refractivity contribution >= 4 is 23.0 Å². The highest BCUT2D eigenvalue weighted by molar-refractivity contribution is 6.31. The van der Waals surface area contributed by atoms with E-state index in [0.29, 0.717) is 24.1 Å². The maximum Gasteiger partial charge on any atom is 0.295 e. The average Bonchev–Trinajstić information content (AvgIpc) is 2.95. The van der Waals surface area contributed by atoms with Crippen LogP contribution < -0.4 is 10.2 Å². The molecule has 7 heteroatoms. The van der Waals surface area contributed by atoms with Crippen LogP contribution in [0, 0.1) is 27.8 Å². The first kappa shape index (κ1) is 14.5. The Morgan fingerprint density at radius 2 is 2.19 bits per heavy atom. The zero-order valence-electron chi connectivity index (χ0n) is 11.9. The number of benzene rings is 1. The van der Waals surface area contributed by atoms with Gasteiger partial charge in [-0.2, -0.15) is 0 Å². The van der Waals surface area contributed by atoms with Gasteiger partial charge in [0.1, 0.15) is 11.5 Å². The number of anilines is 1. The largest absolute Gasteiger partial charge is 0.360 e. The van der Waals surface area contributed by atoms with E-state index in [1.807, 2.05) is 4.90 Å². The predicted octanol–water partition coefficient (Wildman–Crippen LogP) is 2.82. The van der Waals surface area contributed by atoms with Gasteiger partial charge in [0, 0.05) is 25.2 Å². The van der Waals surface area contributed by atoms with Gasteiger partial charge in [0.15, 0.2) is 0 Å². The number of nitro benzene ring substituents is 1. The van der Waals surface area contributed by atoms with Gasteiger partial charge in [-0.3, -0.25) is 10.1 Å². The average molecular weight is 314 g/mol. The summed E-state index contributed by atoms with van der Waals surface area (Å²) < 4.78 is 13.6. The molecule has 0 aromatic heterocycles. The second-order valence-corrected chi connectivity index (χ2v) is 6.71. The van der Waals surface area contributed by atoms with Gasteiger partial charge >= 0.3 is 0 Å². The molecule has 0 radical (unpaired) electrons. The van der Waals surface area contributed by atoms with Crippen molar-refractivity contribution in [2.45, 2.75) is 19.4 Å². The lowest BCUT2D eigenvalue weighted by atomic mass is 9.84. The molecule has 0 bridgehead atoms. The molecule has 3 rings (SSSR count). The summed E-state index contributed by atoms with van der Waals surface area (Å²) in [7, 11) is 0. The lowest BCUT2D eigenvalue weighted by molar-refractivity contribution is -0.384. The summed E-state index contributed by atoms with van der Waals surface area (Å²) >= 11 is 5.85. The highest BCUT2D eigenvalue weighted by atomic mass is 35.5. The summed E-state index contributed by atoms with van der Waals surface area (Å²) in [4.78, 5) is 12.7. The summed E-state index contributed by atoms with van der Waals surface area (Å²) in [6, 6.07) is 2.30. The highest BCUT2D eigenvalue weighted by Gasteiger charge is 2.50. The standard InChI is InChI=1S/C14H17ClFN3O2/c1-14(2)9-6-17-5-8(9)7-18(14)12-3-10(15)11(16)4-13(12)19(20)21/h3-4,8-9,17H,5-7H2,1-2H3. The van der Waals surface area contributed by atoms with Crippen LogP contribution in [0.25, 0.3) is 0 Å².